The molecule has 1 atom stereocenters. The van der Waals surface area contributed by atoms with E-state index < -0.39 is 5.97 Å². The van der Waals surface area contributed by atoms with Crippen molar-refractivity contribution in [1.29, 1.82) is 0 Å². The van der Waals surface area contributed by atoms with Gasteiger partial charge in [0.25, 0.3) is 0 Å². The molecule has 3 N–H and O–H groups in total. The Morgan fingerprint density at radius 3 is 2.40 bits per heavy atom. The molecule has 0 aliphatic heterocycles. The van der Waals surface area contributed by atoms with E-state index in [9.17, 15) is 9.59 Å². The zero-order valence-corrected chi connectivity index (χ0v) is 15.8. The summed E-state index contributed by atoms with van der Waals surface area (Å²) in [6.07, 6.45) is 8.43. The van der Waals surface area contributed by atoms with E-state index in [-0.39, 0.29) is 11.3 Å². The summed E-state index contributed by atoms with van der Waals surface area (Å²) in [6.45, 7) is 10.1. The van der Waals surface area contributed by atoms with Crippen LogP contribution >= 0.6 is 0 Å². The number of carbonyl (C=O) groups excluding carboxylic acids is 1. The van der Waals surface area contributed by atoms with E-state index in [1.54, 1.807) is 32.1 Å². The molecule has 0 spiro atoms. The molecule has 0 saturated carbocycles. The predicted octanol–water partition coefficient (Wildman–Crippen LogP) is 4.79. The second kappa shape index (κ2) is 8.65. The highest BCUT2D eigenvalue weighted by Gasteiger charge is 2.30. The van der Waals surface area contributed by atoms with E-state index in [0.717, 1.165) is 5.56 Å². The van der Waals surface area contributed by atoms with Crippen LogP contribution in [0.1, 0.15) is 56.5 Å². The van der Waals surface area contributed by atoms with E-state index in [4.69, 9.17) is 10.8 Å². The molecule has 0 amide bonds. The number of carbonyl (C=O) groups is 2. The number of hydrogen-bond donors (Lipinski definition) is 2. The number of carboxylic acid groups (broad SMARTS) is 1. The van der Waals surface area contributed by atoms with Crippen molar-refractivity contribution in [2.45, 2.75) is 47.5 Å². The maximum Gasteiger partial charge on any atom is 0.337 e. The molecule has 0 fully saturated rings. The predicted molar refractivity (Wildman–Crippen MR) is 103 cm³/mol. The maximum atomic E-state index is 10.9. The van der Waals surface area contributed by atoms with Crippen LogP contribution in [-0.2, 0) is 4.79 Å². The first kappa shape index (κ1) is 20.7. The standard InChI is InChI=1S/C13H20O.C8H9NO2/c1-10-6-5-9-13(3,4)12(10)8-7-11(2)14;1-5-3-2-4-6(7(5)9)8(10)11/h6-8,12H,5,9H2,1-4H3;2-4H,9H2,1H3,(H,10,11)/b8-7+;. The number of aryl methyl sites for hydroxylation is 1. The number of para-hydroxylation sites is 1. The minimum atomic E-state index is -0.980. The third-order valence-corrected chi connectivity index (χ3v) is 4.67. The lowest BCUT2D eigenvalue weighted by molar-refractivity contribution is -0.112. The van der Waals surface area contributed by atoms with E-state index in [1.807, 2.05) is 0 Å². The molecule has 0 heterocycles. The molecule has 1 aromatic carbocycles. The number of benzene rings is 1. The van der Waals surface area contributed by atoms with Crippen molar-refractivity contribution >= 4 is 17.4 Å². The topological polar surface area (TPSA) is 80.4 Å². The largest absolute Gasteiger partial charge is 0.478 e. The second-order valence-corrected chi connectivity index (χ2v) is 7.26. The molecular weight excluding hydrogens is 314 g/mol. The monoisotopic (exact) mass is 343 g/mol. The highest BCUT2D eigenvalue weighted by atomic mass is 16.4. The van der Waals surface area contributed by atoms with Gasteiger partial charge in [-0.25, -0.2) is 4.79 Å². The van der Waals surface area contributed by atoms with Crippen molar-refractivity contribution in [3.8, 4) is 0 Å². The fourth-order valence-electron chi connectivity index (χ4n) is 3.08. The minimum Gasteiger partial charge on any atom is -0.478 e. The fourth-order valence-corrected chi connectivity index (χ4v) is 3.08. The Balaban J connectivity index is 0.000000257. The summed E-state index contributed by atoms with van der Waals surface area (Å²) in [5, 5.41) is 8.61. The number of hydrogen-bond acceptors (Lipinski definition) is 3. The summed E-state index contributed by atoms with van der Waals surface area (Å²) in [5.74, 6) is -0.412. The van der Waals surface area contributed by atoms with Gasteiger partial charge in [-0.05, 0) is 56.7 Å². The molecule has 1 aliphatic carbocycles. The van der Waals surface area contributed by atoms with Crippen molar-refractivity contribution in [1.82, 2.24) is 0 Å². The number of anilines is 1. The van der Waals surface area contributed by atoms with Crippen molar-refractivity contribution in [3.05, 3.63) is 53.1 Å². The van der Waals surface area contributed by atoms with Crippen LogP contribution in [0.2, 0.25) is 0 Å². The van der Waals surface area contributed by atoms with Gasteiger partial charge in [-0.2, -0.15) is 0 Å². The summed E-state index contributed by atoms with van der Waals surface area (Å²) in [5.41, 5.74) is 8.52. The summed E-state index contributed by atoms with van der Waals surface area (Å²) in [7, 11) is 0. The van der Waals surface area contributed by atoms with Gasteiger partial charge in [0.05, 0.1) is 5.56 Å². The molecule has 0 aromatic heterocycles. The van der Waals surface area contributed by atoms with Crippen molar-refractivity contribution in [2.75, 3.05) is 5.73 Å². The van der Waals surface area contributed by atoms with Gasteiger partial charge < -0.3 is 10.8 Å². The third-order valence-electron chi connectivity index (χ3n) is 4.67. The lowest BCUT2D eigenvalue weighted by Gasteiger charge is -2.36. The van der Waals surface area contributed by atoms with E-state index >= 15 is 0 Å². The Kier molecular flexibility index (Phi) is 7.16. The van der Waals surface area contributed by atoms with Crippen LogP contribution < -0.4 is 5.73 Å². The van der Waals surface area contributed by atoms with E-state index in [1.165, 1.54) is 24.5 Å². The van der Waals surface area contributed by atoms with Gasteiger partial charge in [0, 0.05) is 11.6 Å². The van der Waals surface area contributed by atoms with Gasteiger partial charge in [0.1, 0.15) is 0 Å². The van der Waals surface area contributed by atoms with Crippen molar-refractivity contribution in [3.63, 3.8) is 0 Å². The van der Waals surface area contributed by atoms with Gasteiger partial charge in [-0.1, -0.05) is 43.7 Å². The third kappa shape index (κ3) is 5.89. The normalized spacial score (nSPS) is 18.9. The van der Waals surface area contributed by atoms with Gasteiger partial charge >= 0.3 is 5.97 Å². The van der Waals surface area contributed by atoms with Crippen LogP contribution in [0, 0.1) is 18.3 Å². The summed E-state index contributed by atoms with van der Waals surface area (Å²) >= 11 is 0. The van der Waals surface area contributed by atoms with Crippen LogP contribution in [0.4, 0.5) is 5.69 Å². The molecular formula is C21H29NO3. The average molecular weight is 343 g/mol. The van der Waals surface area contributed by atoms with Crippen LogP contribution in [0.25, 0.3) is 0 Å². The van der Waals surface area contributed by atoms with Crippen molar-refractivity contribution in [2.24, 2.45) is 11.3 Å². The van der Waals surface area contributed by atoms with E-state index in [2.05, 4.69) is 32.9 Å². The van der Waals surface area contributed by atoms with Crippen LogP contribution in [0.15, 0.2) is 42.0 Å². The Bertz CT molecular complexity index is 699. The molecule has 136 valence electrons. The van der Waals surface area contributed by atoms with Gasteiger partial charge in [0.2, 0.25) is 0 Å². The second-order valence-electron chi connectivity index (χ2n) is 7.26. The number of carboxylic acids is 1. The number of nitrogen functional groups attached to an aromatic ring is 1. The van der Waals surface area contributed by atoms with Crippen molar-refractivity contribution < 1.29 is 14.7 Å². The summed E-state index contributed by atoms with van der Waals surface area (Å²) in [6, 6.07) is 4.95. The number of allylic oxidation sites excluding steroid dienone is 4. The molecule has 25 heavy (non-hydrogen) atoms. The molecule has 0 bridgehead atoms. The first-order chi connectivity index (χ1) is 11.6. The fraction of sp³-hybridized carbons (Fsp3) is 0.429. The highest BCUT2D eigenvalue weighted by molar-refractivity contribution is 5.94. The number of ketones is 1. The summed E-state index contributed by atoms with van der Waals surface area (Å²) in [4.78, 5) is 21.4. The van der Waals surface area contributed by atoms with Crippen LogP contribution in [-0.4, -0.2) is 16.9 Å². The Morgan fingerprint density at radius 1 is 1.28 bits per heavy atom. The highest BCUT2D eigenvalue weighted by Crippen LogP contribution is 2.41. The van der Waals surface area contributed by atoms with Gasteiger partial charge in [0.15, 0.2) is 5.78 Å². The van der Waals surface area contributed by atoms with Gasteiger partial charge in [-0.3, -0.25) is 4.79 Å². The molecule has 4 nitrogen and oxygen atoms in total. The Hall–Kier alpha value is -2.36. The smallest absolute Gasteiger partial charge is 0.337 e. The molecule has 0 saturated heterocycles. The van der Waals surface area contributed by atoms with E-state index in [0.29, 0.717) is 17.0 Å². The first-order valence-corrected chi connectivity index (χ1v) is 8.50. The number of rotatable bonds is 3. The number of nitrogens with two attached hydrogens (primary N) is 1. The average Bonchev–Trinajstić information content (AvgIpc) is 2.49. The molecule has 4 heteroatoms. The number of aromatic carboxylic acids is 1. The molecule has 0 radical (unpaired) electrons. The molecule has 1 aliphatic rings. The first-order valence-electron chi connectivity index (χ1n) is 8.50. The van der Waals surface area contributed by atoms with Crippen LogP contribution in [0.3, 0.4) is 0 Å². The zero-order valence-electron chi connectivity index (χ0n) is 15.8. The lowest BCUT2D eigenvalue weighted by Crippen LogP contribution is -2.26. The molecule has 2 rings (SSSR count). The van der Waals surface area contributed by atoms with Gasteiger partial charge in [-0.15, -0.1) is 0 Å². The molecule has 1 unspecified atom stereocenters. The molecule has 1 aromatic rings. The quantitative estimate of drug-likeness (QED) is 0.470. The Labute approximate surface area is 150 Å². The zero-order chi connectivity index (χ0) is 19.2. The minimum absolute atomic E-state index is 0.138. The SMILES string of the molecule is CC(=O)/C=C/C1C(C)=CCCC1(C)C.Cc1cccc(C(=O)O)c1N. The van der Waals surface area contributed by atoms with Crippen LogP contribution in [0.5, 0.6) is 0 Å². The Morgan fingerprint density at radius 2 is 1.92 bits per heavy atom. The maximum absolute atomic E-state index is 10.9. The lowest BCUT2D eigenvalue weighted by atomic mass is 9.68. The summed E-state index contributed by atoms with van der Waals surface area (Å²) < 4.78 is 0.